The van der Waals surface area contributed by atoms with E-state index in [1.54, 1.807) is 4.90 Å². The van der Waals surface area contributed by atoms with Gasteiger partial charge in [0.05, 0.1) is 6.54 Å². The first kappa shape index (κ1) is 11.3. The van der Waals surface area contributed by atoms with E-state index in [2.05, 4.69) is 4.90 Å². The highest BCUT2D eigenvalue weighted by Gasteiger charge is 2.29. The summed E-state index contributed by atoms with van der Waals surface area (Å²) in [4.78, 5) is 15.0. The minimum atomic E-state index is -0.223. The highest BCUT2D eigenvalue weighted by atomic mass is 16.6. The minimum Gasteiger partial charge on any atom is -0.444 e. The lowest BCUT2D eigenvalue weighted by molar-refractivity contribution is 0.125. The van der Waals surface area contributed by atoms with Gasteiger partial charge in [-0.1, -0.05) is 0 Å². The molecule has 0 aliphatic carbocycles. The summed E-state index contributed by atoms with van der Waals surface area (Å²) >= 11 is 0. The Kier molecular flexibility index (Phi) is 4.16. The molecule has 1 aliphatic heterocycles. The smallest absolute Gasteiger partial charge is 0.410 e. The van der Waals surface area contributed by atoms with Crippen LogP contribution in [0.4, 0.5) is 4.79 Å². The normalized spacial score (nSPS) is 21.9. The number of carbonyl (C=O) groups excluding carboxylic acids is 1. The van der Waals surface area contributed by atoms with Gasteiger partial charge in [-0.15, -0.1) is 0 Å². The van der Waals surface area contributed by atoms with Crippen LogP contribution in [0.1, 0.15) is 6.42 Å². The molecule has 1 saturated heterocycles. The Morgan fingerprint density at radius 1 is 1.64 bits per heavy atom. The van der Waals surface area contributed by atoms with Crippen molar-refractivity contribution in [3.05, 3.63) is 0 Å². The van der Waals surface area contributed by atoms with Crippen LogP contribution < -0.4 is 5.73 Å². The van der Waals surface area contributed by atoms with E-state index in [0.717, 1.165) is 13.0 Å². The van der Waals surface area contributed by atoms with Crippen molar-refractivity contribution < 1.29 is 9.53 Å². The van der Waals surface area contributed by atoms with Crippen LogP contribution in [-0.2, 0) is 4.74 Å². The van der Waals surface area contributed by atoms with E-state index in [1.165, 1.54) is 0 Å². The van der Waals surface area contributed by atoms with Crippen molar-refractivity contribution in [1.82, 2.24) is 9.80 Å². The van der Waals surface area contributed by atoms with Crippen LogP contribution in [0.2, 0.25) is 0 Å². The monoisotopic (exact) mass is 201 g/mol. The zero-order chi connectivity index (χ0) is 10.6. The van der Waals surface area contributed by atoms with Crippen LogP contribution in [0.25, 0.3) is 0 Å². The van der Waals surface area contributed by atoms with Gasteiger partial charge in [-0.25, -0.2) is 4.79 Å². The molecule has 0 radical (unpaired) electrons. The van der Waals surface area contributed by atoms with Crippen molar-refractivity contribution in [3.8, 4) is 0 Å². The molecule has 5 nitrogen and oxygen atoms in total. The third-order valence-electron chi connectivity index (χ3n) is 2.25. The van der Waals surface area contributed by atoms with Crippen molar-refractivity contribution in [2.45, 2.75) is 12.5 Å². The molecule has 5 heteroatoms. The molecule has 1 unspecified atom stereocenters. The van der Waals surface area contributed by atoms with E-state index in [4.69, 9.17) is 10.5 Å². The topological polar surface area (TPSA) is 58.8 Å². The zero-order valence-corrected chi connectivity index (χ0v) is 8.90. The van der Waals surface area contributed by atoms with Crippen LogP contribution in [0.15, 0.2) is 0 Å². The molecule has 1 fully saturated rings. The van der Waals surface area contributed by atoms with Gasteiger partial charge in [0.15, 0.2) is 0 Å². The van der Waals surface area contributed by atoms with Crippen LogP contribution >= 0.6 is 0 Å². The molecule has 82 valence electrons. The van der Waals surface area contributed by atoms with Crippen LogP contribution in [0.5, 0.6) is 0 Å². The Morgan fingerprint density at radius 3 is 2.93 bits per heavy atom. The largest absolute Gasteiger partial charge is 0.444 e. The molecule has 0 saturated carbocycles. The molecule has 1 amide bonds. The van der Waals surface area contributed by atoms with Gasteiger partial charge in [0, 0.05) is 19.6 Å². The predicted molar refractivity (Wildman–Crippen MR) is 54.1 cm³/mol. The average Bonchev–Trinajstić information content (AvgIpc) is 2.45. The number of nitrogens with zero attached hydrogens (tertiary/aromatic N) is 2. The number of cyclic esters (lactones) is 1. The maximum Gasteiger partial charge on any atom is 0.410 e. The summed E-state index contributed by atoms with van der Waals surface area (Å²) in [6.07, 6.45) is 0.704. The second kappa shape index (κ2) is 5.17. The molecule has 14 heavy (non-hydrogen) atoms. The molecule has 1 atom stereocenters. The van der Waals surface area contributed by atoms with Gasteiger partial charge in [-0.05, 0) is 20.5 Å². The molecular weight excluding hydrogens is 182 g/mol. The first-order chi connectivity index (χ1) is 6.63. The van der Waals surface area contributed by atoms with Gasteiger partial charge in [-0.3, -0.25) is 0 Å². The molecule has 1 aliphatic rings. The van der Waals surface area contributed by atoms with Crippen molar-refractivity contribution in [3.63, 3.8) is 0 Å². The Morgan fingerprint density at radius 2 is 2.36 bits per heavy atom. The summed E-state index contributed by atoms with van der Waals surface area (Å²) in [5, 5.41) is 0. The molecule has 0 aromatic rings. The van der Waals surface area contributed by atoms with Crippen molar-refractivity contribution in [2.24, 2.45) is 5.73 Å². The van der Waals surface area contributed by atoms with Crippen LogP contribution in [0, 0.1) is 0 Å². The first-order valence-corrected chi connectivity index (χ1v) is 4.94. The Hall–Kier alpha value is -0.810. The summed E-state index contributed by atoms with van der Waals surface area (Å²) in [6, 6.07) is 0. The number of amides is 1. The summed E-state index contributed by atoms with van der Waals surface area (Å²) in [7, 11) is 4.02. The van der Waals surface area contributed by atoms with Gasteiger partial charge in [0.25, 0.3) is 0 Å². The van der Waals surface area contributed by atoms with E-state index < -0.39 is 0 Å². The number of nitrogens with two attached hydrogens (primary N) is 1. The number of rotatable bonds is 5. The Bertz CT molecular complexity index is 196. The Balaban J connectivity index is 2.27. The van der Waals surface area contributed by atoms with Crippen molar-refractivity contribution in [2.75, 3.05) is 40.3 Å². The molecule has 0 aromatic heterocycles. The summed E-state index contributed by atoms with van der Waals surface area (Å²) in [6.45, 7) is 2.71. The van der Waals surface area contributed by atoms with Crippen LogP contribution in [0.3, 0.4) is 0 Å². The second-order valence-corrected chi connectivity index (χ2v) is 3.83. The molecule has 1 rings (SSSR count). The number of hydrogen-bond acceptors (Lipinski definition) is 4. The third-order valence-corrected chi connectivity index (χ3v) is 2.25. The third kappa shape index (κ3) is 3.16. The standard InChI is InChI=1S/C9H19N3O2/c1-11(2)5-3-8-7-12(6-4-10)9(13)14-8/h8H,3-7,10H2,1-2H3. The molecular formula is C9H19N3O2. The second-order valence-electron chi connectivity index (χ2n) is 3.83. The quantitative estimate of drug-likeness (QED) is 0.664. The first-order valence-electron chi connectivity index (χ1n) is 4.94. The average molecular weight is 201 g/mol. The number of ether oxygens (including phenoxy) is 1. The van der Waals surface area contributed by atoms with Gasteiger partial charge < -0.3 is 20.3 Å². The van der Waals surface area contributed by atoms with Crippen molar-refractivity contribution in [1.29, 1.82) is 0 Å². The maximum absolute atomic E-state index is 11.3. The van der Waals surface area contributed by atoms with Crippen LogP contribution in [-0.4, -0.2) is 62.3 Å². The van der Waals surface area contributed by atoms with E-state index in [9.17, 15) is 4.79 Å². The lowest BCUT2D eigenvalue weighted by Crippen LogP contribution is -2.31. The molecule has 2 N–H and O–H groups in total. The van der Waals surface area contributed by atoms with Crippen molar-refractivity contribution >= 4 is 6.09 Å². The minimum absolute atomic E-state index is 0.0384. The Labute approximate surface area is 84.8 Å². The fourth-order valence-electron chi connectivity index (χ4n) is 1.47. The van der Waals surface area contributed by atoms with E-state index in [0.29, 0.717) is 19.6 Å². The highest BCUT2D eigenvalue weighted by molar-refractivity contribution is 5.69. The summed E-state index contributed by atoms with van der Waals surface area (Å²) in [5.41, 5.74) is 5.38. The lowest BCUT2D eigenvalue weighted by Gasteiger charge is -2.13. The fourth-order valence-corrected chi connectivity index (χ4v) is 1.47. The number of hydrogen-bond donors (Lipinski definition) is 1. The van der Waals surface area contributed by atoms with Gasteiger partial charge in [-0.2, -0.15) is 0 Å². The predicted octanol–water partition coefficient (Wildman–Crippen LogP) is -0.282. The zero-order valence-electron chi connectivity index (χ0n) is 8.90. The van der Waals surface area contributed by atoms with Gasteiger partial charge in [0.1, 0.15) is 6.10 Å². The van der Waals surface area contributed by atoms with E-state index in [1.807, 2.05) is 14.1 Å². The lowest BCUT2D eigenvalue weighted by atomic mass is 10.2. The van der Waals surface area contributed by atoms with E-state index >= 15 is 0 Å². The van der Waals surface area contributed by atoms with Gasteiger partial charge in [0.2, 0.25) is 0 Å². The van der Waals surface area contributed by atoms with E-state index in [-0.39, 0.29) is 12.2 Å². The molecule has 0 spiro atoms. The maximum atomic E-state index is 11.3. The molecule has 0 aromatic carbocycles. The molecule has 1 heterocycles. The highest BCUT2D eigenvalue weighted by Crippen LogP contribution is 2.13. The summed E-state index contributed by atoms with van der Waals surface area (Å²) in [5.74, 6) is 0. The fraction of sp³-hybridized carbons (Fsp3) is 0.889. The van der Waals surface area contributed by atoms with Gasteiger partial charge >= 0.3 is 6.09 Å². The number of carbonyl (C=O) groups is 1. The summed E-state index contributed by atoms with van der Waals surface area (Å²) < 4.78 is 5.18. The molecule has 0 bridgehead atoms. The SMILES string of the molecule is CN(C)CCC1CN(CCN)C(=O)O1.